The molecule has 1 unspecified atom stereocenters. The lowest BCUT2D eigenvalue weighted by Crippen LogP contribution is -2.42. The number of hydrogen-bond donors (Lipinski definition) is 0. The van der Waals surface area contributed by atoms with Crippen LogP contribution >= 0.6 is 0 Å². The Labute approximate surface area is 127 Å². The summed E-state index contributed by atoms with van der Waals surface area (Å²) in [6.07, 6.45) is 2.11. The molecule has 1 aliphatic rings. The molecule has 0 aromatic heterocycles. The van der Waals surface area contributed by atoms with Crippen molar-refractivity contribution < 1.29 is 22.8 Å². The lowest BCUT2D eigenvalue weighted by atomic mass is 10.1. The Kier molecular flexibility index (Phi) is 6.19. The van der Waals surface area contributed by atoms with Crippen LogP contribution in [0.3, 0.4) is 0 Å². The first-order valence-corrected chi connectivity index (χ1v) is 9.14. The molecule has 0 spiro atoms. The van der Waals surface area contributed by atoms with Crippen LogP contribution in [-0.4, -0.2) is 49.5 Å². The van der Waals surface area contributed by atoms with Crippen LogP contribution in [0.25, 0.3) is 0 Å². The van der Waals surface area contributed by atoms with Crippen molar-refractivity contribution in [1.29, 1.82) is 0 Å². The van der Waals surface area contributed by atoms with Gasteiger partial charge in [-0.3, -0.25) is 0 Å². The highest BCUT2D eigenvalue weighted by atomic mass is 28.4. The van der Waals surface area contributed by atoms with E-state index in [1.54, 1.807) is 21.3 Å². The van der Waals surface area contributed by atoms with Crippen LogP contribution in [0.2, 0.25) is 6.04 Å². The van der Waals surface area contributed by atoms with E-state index in [4.69, 9.17) is 22.8 Å². The molecule has 6 heteroatoms. The summed E-state index contributed by atoms with van der Waals surface area (Å²) < 4.78 is 27.3. The van der Waals surface area contributed by atoms with Crippen LogP contribution in [-0.2, 0) is 24.4 Å². The Hall–Kier alpha value is -0.923. The highest BCUT2D eigenvalue weighted by molar-refractivity contribution is 6.60. The average molecular weight is 312 g/mol. The third-order valence-electron chi connectivity index (χ3n) is 3.66. The van der Waals surface area contributed by atoms with Crippen molar-refractivity contribution in [3.8, 4) is 5.75 Å². The van der Waals surface area contributed by atoms with Gasteiger partial charge in [-0.15, -0.1) is 0 Å². The van der Waals surface area contributed by atoms with Gasteiger partial charge in [0.1, 0.15) is 18.5 Å². The van der Waals surface area contributed by atoms with E-state index in [1.807, 2.05) is 18.2 Å². The minimum Gasteiger partial charge on any atom is -0.491 e. The summed E-state index contributed by atoms with van der Waals surface area (Å²) in [5, 5.41) is 0. The highest BCUT2D eigenvalue weighted by Crippen LogP contribution is 2.24. The lowest BCUT2D eigenvalue weighted by molar-refractivity contribution is 0.123. The van der Waals surface area contributed by atoms with E-state index in [2.05, 4.69) is 6.07 Å². The molecule has 1 aromatic carbocycles. The summed E-state index contributed by atoms with van der Waals surface area (Å²) in [7, 11) is 2.46. The smallest absolute Gasteiger partial charge is 0.491 e. The first-order chi connectivity index (χ1) is 10.2. The largest absolute Gasteiger partial charge is 0.500 e. The van der Waals surface area contributed by atoms with Crippen molar-refractivity contribution in [2.45, 2.75) is 25.0 Å². The third kappa shape index (κ3) is 4.79. The van der Waals surface area contributed by atoms with Crippen LogP contribution < -0.4 is 4.74 Å². The van der Waals surface area contributed by atoms with Gasteiger partial charge in [-0.25, -0.2) is 0 Å². The number of para-hydroxylation sites is 1. The fourth-order valence-corrected chi connectivity index (χ4v) is 3.97. The van der Waals surface area contributed by atoms with Crippen LogP contribution in [0.15, 0.2) is 24.3 Å². The molecule has 1 atom stereocenters. The quantitative estimate of drug-likeness (QED) is 0.490. The Morgan fingerprint density at radius 2 is 1.81 bits per heavy atom. The number of rotatable bonds is 10. The van der Waals surface area contributed by atoms with Gasteiger partial charge in [-0.05, 0) is 24.5 Å². The van der Waals surface area contributed by atoms with Gasteiger partial charge >= 0.3 is 8.80 Å². The Morgan fingerprint density at radius 3 is 2.43 bits per heavy atom. The molecule has 0 N–H and O–H groups in total. The zero-order valence-corrected chi connectivity index (χ0v) is 14.0. The summed E-state index contributed by atoms with van der Waals surface area (Å²) in [6, 6.07) is 8.91. The number of ether oxygens (including phenoxy) is 2. The van der Waals surface area contributed by atoms with Crippen molar-refractivity contribution in [2.75, 3.05) is 34.5 Å². The van der Waals surface area contributed by atoms with E-state index in [0.717, 1.165) is 31.2 Å². The van der Waals surface area contributed by atoms with E-state index in [-0.39, 0.29) is 6.10 Å². The molecule has 1 heterocycles. The SMILES string of the molecule is CO[Si](CCCc1ccccc1OCC1CO1)(OC)OC. The maximum Gasteiger partial charge on any atom is 0.500 e. The molecule has 1 saturated heterocycles. The molecular formula is C15H24O5Si. The van der Waals surface area contributed by atoms with Gasteiger partial charge in [0.2, 0.25) is 0 Å². The standard InChI is InChI=1S/C15H24O5Si/c1-16-21(17-2,18-3)10-6-8-13-7-4-5-9-15(13)20-12-14-11-19-14/h4-5,7,9,14H,6,8,10-12H2,1-3H3. The Bertz CT molecular complexity index is 424. The fraction of sp³-hybridized carbons (Fsp3) is 0.600. The van der Waals surface area contributed by atoms with Crippen LogP contribution in [0.5, 0.6) is 5.75 Å². The minimum absolute atomic E-state index is 0.272. The second kappa shape index (κ2) is 7.91. The van der Waals surface area contributed by atoms with Crippen LogP contribution in [0.4, 0.5) is 0 Å². The minimum atomic E-state index is -2.48. The number of benzene rings is 1. The molecule has 1 fully saturated rings. The van der Waals surface area contributed by atoms with Gasteiger partial charge in [0.05, 0.1) is 6.61 Å². The average Bonchev–Trinajstić information content (AvgIpc) is 3.35. The molecule has 2 rings (SSSR count). The van der Waals surface area contributed by atoms with Gasteiger partial charge in [0, 0.05) is 27.4 Å². The molecule has 0 aliphatic carbocycles. The zero-order valence-electron chi connectivity index (χ0n) is 13.0. The van der Waals surface area contributed by atoms with Crippen molar-refractivity contribution >= 4 is 8.80 Å². The summed E-state index contributed by atoms with van der Waals surface area (Å²) in [4.78, 5) is 0. The number of epoxide rings is 1. The summed E-state index contributed by atoms with van der Waals surface area (Å²) in [5.41, 5.74) is 1.20. The number of hydrogen-bond acceptors (Lipinski definition) is 5. The maximum absolute atomic E-state index is 5.82. The molecule has 21 heavy (non-hydrogen) atoms. The summed E-state index contributed by atoms with van der Waals surface area (Å²) in [6.45, 7) is 1.44. The second-order valence-electron chi connectivity index (χ2n) is 5.02. The number of aryl methyl sites for hydroxylation is 1. The molecular weight excluding hydrogens is 288 g/mol. The zero-order chi connectivity index (χ0) is 15.1. The lowest BCUT2D eigenvalue weighted by Gasteiger charge is -2.24. The van der Waals surface area contributed by atoms with Crippen LogP contribution in [0, 0.1) is 0 Å². The molecule has 0 amide bonds. The van der Waals surface area contributed by atoms with Crippen molar-refractivity contribution in [2.24, 2.45) is 0 Å². The van der Waals surface area contributed by atoms with Crippen molar-refractivity contribution in [3.05, 3.63) is 29.8 Å². The Morgan fingerprint density at radius 1 is 1.14 bits per heavy atom. The summed E-state index contributed by atoms with van der Waals surface area (Å²) in [5.74, 6) is 0.938. The fourth-order valence-electron chi connectivity index (χ4n) is 2.25. The first-order valence-electron chi connectivity index (χ1n) is 7.21. The molecule has 1 aliphatic heterocycles. The van der Waals surface area contributed by atoms with E-state index in [0.29, 0.717) is 6.61 Å². The summed E-state index contributed by atoms with van der Waals surface area (Å²) >= 11 is 0. The van der Waals surface area contributed by atoms with Crippen molar-refractivity contribution in [3.63, 3.8) is 0 Å². The van der Waals surface area contributed by atoms with Gasteiger partial charge in [-0.1, -0.05) is 18.2 Å². The predicted octanol–water partition coefficient (Wildman–Crippen LogP) is 2.27. The molecule has 1 aromatic rings. The van der Waals surface area contributed by atoms with E-state index >= 15 is 0 Å². The van der Waals surface area contributed by atoms with Gasteiger partial charge < -0.3 is 22.8 Å². The Balaban J connectivity index is 1.86. The second-order valence-corrected chi connectivity index (χ2v) is 8.11. The maximum atomic E-state index is 5.82. The molecule has 0 radical (unpaired) electrons. The topological polar surface area (TPSA) is 49.5 Å². The van der Waals surface area contributed by atoms with Crippen molar-refractivity contribution in [1.82, 2.24) is 0 Å². The van der Waals surface area contributed by atoms with E-state index in [1.165, 1.54) is 5.56 Å². The third-order valence-corrected chi connectivity index (χ3v) is 6.49. The molecule has 0 bridgehead atoms. The normalized spacial score (nSPS) is 17.8. The van der Waals surface area contributed by atoms with E-state index < -0.39 is 8.80 Å². The van der Waals surface area contributed by atoms with Crippen LogP contribution in [0.1, 0.15) is 12.0 Å². The highest BCUT2D eigenvalue weighted by Gasteiger charge is 2.36. The van der Waals surface area contributed by atoms with Gasteiger partial charge in [0.25, 0.3) is 0 Å². The predicted molar refractivity (Wildman–Crippen MR) is 81.6 cm³/mol. The monoisotopic (exact) mass is 312 g/mol. The van der Waals surface area contributed by atoms with Gasteiger partial charge in [-0.2, -0.15) is 0 Å². The molecule has 5 nitrogen and oxygen atoms in total. The van der Waals surface area contributed by atoms with E-state index in [9.17, 15) is 0 Å². The molecule has 0 saturated carbocycles. The molecule has 118 valence electrons. The first kappa shape index (κ1) is 16.4. The van der Waals surface area contributed by atoms with Gasteiger partial charge in [0.15, 0.2) is 0 Å².